The lowest BCUT2D eigenvalue weighted by molar-refractivity contribution is -0.121. The standard InChI is InChI=1S/C20H19N5O3/c1-12-10-25(15-6-2-13(8-21)3-7-15)17(26)11-24(12)20(28)16-9-22-18(14-4-5-14)23-19(16)27/h2-3,6-7,9,12,14H,4-5,10-11H2,1H3,(H,22,23,27). The van der Waals surface area contributed by atoms with E-state index in [1.54, 1.807) is 29.2 Å². The second-order valence-corrected chi connectivity index (χ2v) is 7.23. The summed E-state index contributed by atoms with van der Waals surface area (Å²) in [6.07, 6.45) is 3.32. The summed E-state index contributed by atoms with van der Waals surface area (Å²) in [5, 5.41) is 8.90. The minimum absolute atomic E-state index is 0.0455. The summed E-state index contributed by atoms with van der Waals surface area (Å²) in [5.74, 6) is 0.177. The molecule has 1 aromatic carbocycles. The third-order valence-electron chi connectivity index (χ3n) is 5.17. The number of benzene rings is 1. The normalized spacial score (nSPS) is 19.4. The van der Waals surface area contributed by atoms with Crippen molar-refractivity contribution >= 4 is 17.5 Å². The van der Waals surface area contributed by atoms with Crippen LogP contribution in [-0.2, 0) is 4.79 Å². The van der Waals surface area contributed by atoms with Gasteiger partial charge in [0.25, 0.3) is 11.5 Å². The summed E-state index contributed by atoms with van der Waals surface area (Å²) >= 11 is 0. The number of aromatic nitrogens is 2. The number of piperazine rings is 1. The molecule has 2 amide bonds. The molecule has 0 bridgehead atoms. The fourth-order valence-corrected chi connectivity index (χ4v) is 3.37. The first-order chi connectivity index (χ1) is 13.5. The van der Waals surface area contributed by atoms with Crippen molar-refractivity contribution in [1.82, 2.24) is 14.9 Å². The SMILES string of the molecule is CC1CN(c2ccc(C#N)cc2)C(=O)CN1C(=O)c1cnc(C2CC2)[nH]c1=O. The highest BCUT2D eigenvalue weighted by molar-refractivity contribution is 6.01. The molecule has 4 rings (SSSR count). The average molecular weight is 377 g/mol. The minimum Gasteiger partial charge on any atom is -0.325 e. The van der Waals surface area contributed by atoms with E-state index >= 15 is 0 Å². The third-order valence-corrected chi connectivity index (χ3v) is 5.17. The number of nitrogens with one attached hydrogen (secondary N) is 1. The highest BCUT2D eigenvalue weighted by atomic mass is 16.2. The largest absolute Gasteiger partial charge is 0.325 e. The Morgan fingerprint density at radius 3 is 2.57 bits per heavy atom. The molecule has 1 saturated carbocycles. The van der Waals surface area contributed by atoms with Crippen LogP contribution in [0.15, 0.2) is 35.3 Å². The Bertz CT molecular complexity index is 1030. The number of anilines is 1. The van der Waals surface area contributed by atoms with Gasteiger partial charge in [-0.15, -0.1) is 0 Å². The van der Waals surface area contributed by atoms with Gasteiger partial charge in [0.15, 0.2) is 0 Å². The number of hydrogen-bond acceptors (Lipinski definition) is 5. The van der Waals surface area contributed by atoms with Gasteiger partial charge in [0, 0.05) is 30.4 Å². The smallest absolute Gasteiger partial charge is 0.263 e. The molecule has 1 atom stereocenters. The average Bonchev–Trinajstić information content (AvgIpc) is 3.54. The van der Waals surface area contributed by atoms with Crippen molar-refractivity contribution in [1.29, 1.82) is 5.26 Å². The number of aromatic amines is 1. The molecule has 1 N–H and O–H groups in total. The molecule has 8 nitrogen and oxygen atoms in total. The zero-order valence-corrected chi connectivity index (χ0v) is 15.4. The van der Waals surface area contributed by atoms with Crippen molar-refractivity contribution in [3.05, 3.63) is 57.8 Å². The molecule has 28 heavy (non-hydrogen) atoms. The van der Waals surface area contributed by atoms with Crippen molar-refractivity contribution in [3.8, 4) is 6.07 Å². The molecular weight excluding hydrogens is 358 g/mol. The quantitative estimate of drug-likeness (QED) is 0.869. The molecular formula is C20H19N5O3. The predicted octanol–water partition coefficient (Wildman–Crippen LogP) is 1.40. The summed E-state index contributed by atoms with van der Waals surface area (Å²) in [7, 11) is 0. The van der Waals surface area contributed by atoms with Crippen LogP contribution in [0.2, 0.25) is 0 Å². The van der Waals surface area contributed by atoms with Crippen LogP contribution in [0, 0.1) is 11.3 Å². The topological polar surface area (TPSA) is 110 Å². The van der Waals surface area contributed by atoms with Crippen LogP contribution in [0.1, 0.15) is 47.4 Å². The molecule has 1 aromatic heterocycles. The van der Waals surface area contributed by atoms with Gasteiger partial charge in [0.2, 0.25) is 5.91 Å². The van der Waals surface area contributed by atoms with Crippen LogP contribution in [-0.4, -0.2) is 45.8 Å². The summed E-state index contributed by atoms with van der Waals surface area (Å²) in [6, 6.07) is 8.50. The van der Waals surface area contributed by atoms with E-state index in [0.717, 1.165) is 12.8 Å². The van der Waals surface area contributed by atoms with Gasteiger partial charge in [0.1, 0.15) is 17.9 Å². The van der Waals surface area contributed by atoms with Crippen molar-refractivity contribution < 1.29 is 9.59 Å². The van der Waals surface area contributed by atoms with Crippen LogP contribution >= 0.6 is 0 Å². The van der Waals surface area contributed by atoms with E-state index in [0.29, 0.717) is 23.6 Å². The Morgan fingerprint density at radius 2 is 1.96 bits per heavy atom. The Balaban J connectivity index is 1.52. The molecule has 2 fully saturated rings. The van der Waals surface area contributed by atoms with Gasteiger partial charge in [-0.1, -0.05) is 0 Å². The van der Waals surface area contributed by atoms with Crippen LogP contribution in [0.4, 0.5) is 5.69 Å². The van der Waals surface area contributed by atoms with Crippen molar-refractivity contribution in [2.24, 2.45) is 0 Å². The molecule has 2 heterocycles. The lowest BCUT2D eigenvalue weighted by Crippen LogP contribution is -2.57. The number of carbonyl (C=O) groups excluding carboxylic acids is 2. The number of amides is 2. The highest BCUT2D eigenvalue weighted by Crippen LogP contribution is 2.37. The van der Waals surface area contributed by atoms with E-state index in [4.69, 9.17) is 5.26 Å². The summed E-state index contributed by atoms with van der Waals surface area (Å²) < 4.78 is 0. The number of H-pyrrole nitrogens is 1. The Hall–Kier alpha value is -3.47. The van der Waals surface area contributed by atoms with E-state index in [9.17, 15) is 14.4 Å². The Morgan fingerprint density at radius 1 is 1.25 bits per heavy atom. The first-order valence-electron chi connectivity index (χ1n) is 9.18. The molecule has 1 aliphatic carbocycles. The molecule has 142 valence electrons. The fraction of sp³-hybridized carbons (Fsp3) is 0.350. The van der Waals surface area contributed by atoms with Gasteiger partial charge in [-0.2, -0.15) is 5.26 Å². The van der Waals surface area contributed by atoms with Gasteiger partial charge in [-0.25, -0.2) is 4.98 Å². The van der Waals surface area contributed by atoms with E-state index < -0.39 is 11.5 Å². The number of carbonyl (C=O) groups is 2. The van der Waals surface area contributed by atoms with Crippen LogP contribution in [0.5, 0.6) is 0 Å². The van der Waals surface area contributed by atoms with Crippen molar-refractivity contribution in [2.45, 2.75) is 31.7 Å². The van der Waals surface area contributed by atoms with E-state index in [1.807, 2.05) is 13.0 Å². The van der Waals surface area contributed by atoms with Crippen LogP contribution < -0.4 is 10.5 Å². The van der Waals surface area contributed by atoms with E-state index in [-0.39, 0.29) is 30.0 Å². The molecule has 1 aliphatic heterocycles. The van der Waals surface area contributed by atoms with E-state index in [1.165, 1.54) is 11.1 Å². The number of rotatable bonds is 3. The van der Waals surface area contributed by atoms with Gasteiger partial charge >= 0.3 is 0 Å². The molecule has 8 heteroatoms. The van der Waals surface area contributed by atoms with Crippen LogP contribution in [0.25, 0.3) is 0 Å². The zero-order valence-electron chi connectivity index (χ0n) is 15.4. The molecule has 2 aromatic rings. The van der Waals surface area contributed by atoms with Crippen LogP contribution in [0.3, 0.4) is 0 Å². The van der Waals surface area contributed by atoms with Crippen molar-refractivity contribution in [2.75, 3.05) is 18.0 Å². The number of hydrogen-bond donors (Lipinski definition) is 1. The Labute approximate surface area is 161 Å². The summed E-state index contributed by atoms with van der Waals surface area (Å²) in [4.78, 5) is 47.7. The second kappa shape index (κ2) is 6.93. The molecule has 2 aliphatic rings. The molecule has 0 spiro atoms. The van der Waals surface area contributed by atoms with Crippen molar-refractivity contribution in [3.63, 3.8) is 0 Å². The van der Waals surface area contributed by atoms with E-state index in [2.05, 4.69) is 9.97 Å². The lowest BCUT2D eigenvalue weighted by Gasteiger charge is -2.39. The molecule has 0 radical (unpaired) electrons. The highest BCUT2D eigenvalue weighted by Gasteiger charge is 2.35. The maximum Gasteiger partial charge on any atom is 0.263 e. The summed E-state index contributed by atoms with van der Waals surface area (Å²) in [6.45, 7) is 2.02. The first kappa shape index (κ1) is 17.9. The minimum atomic E-state index is -0.489. The molecule has 1 saturated heterocycles. The fourth-order valence-electron chi connectivity index (χ4n) is 3.37. The lowest BCUT2D eigenvalue weighted by atomic mass is 10.1. The Kier molecular flexibility index (Phi) is 4.43. The summed E-state index contributed by atoms with van der Waals surface area (Å²) in [5.41, 5.74) is 0.683. The number of nitrogens with zero attached hydrogens (tertiary/aromatic N) is 4. The van der Waals surface area contributed by atoms with Gasteiger partial charge in [0.05, 0.1) is 11.6 Å². The zero-order chi connectivity index (χ0) is 19.8. The first-order valence-corrected chi connectivity index (χ1v) is 9.18. The second-order valence-electron chi connectivity index (χ2n) is 7.23. The van der Waals surface area contributed by atoms with Gasteiger partial charge < -0.3 is 14.8 Å². The third kappa shape index (κ3) is 3.27. The van der Waals surface area contributed by atoms with Gasteiger partial charge in [-0.05, 0) is 44.0 Å². The number of nitriles is 1. The van der Waals surface area contributed by atoms with Gasteiger partial charge in [-0.3, -0.25) is 14.4 Å². The monoisotopic (exact) mass is 377 g/mol. The predicted molar refractivity (Wildman–Crippen MR) is 101 cm³/mol. The molecule has 1 unspecified atom stereocenters. The maximum absolute atomic E-state index is 12.9. The maximum atomic E-state index is 12.9.